The molecule has 3 N–H and O–H groups in total. The second kappa shape index (κ2) is 9.30. The van der Waals surface area contributed by atoms with Gasteiger partial charge in [0.1, 0.15) is 17.3 Å². The van der Waals surface area contributed by atoms with Gasteiger partial charge >= 0.3 is 6.03 Å². The van der Waals surface area contributed by atoms with Crippen LogP contribution in [0.1, 0.15) is 28.8 Å². The molecule has 6 nitrogen and oxygen atoms in total. The maximum absolute atomic E-state index is 13.0. The molecule has 3 aromatic rings. The largest absolute Gasteiger partial charge is 0.457 e. The highest BCUT2D eigenvalue weighted by atomic mass is 19.1. The zero-order valence-corrected chi connectivity index (χ0v) is 16.7. The molecule has 4 rings (SSSR count). The number of benzene rings is 3. The molecule has 31 heavy (non-hydrogen) atoms. The zero-order valence-electron chi connectivity index (χ0n) is 16.7. The van der Waals surface area contributed by atoms with Crippen LogP contribution in [0.4, 0.5) is 14.9 Å². The lowest BCUT2D eigenvalue weighted by atomic mass is 10.1. The Labute approximate surface area is 179 Å². The van der Waals surface area contributed by atoms with E-state index in [1.165, 1.54) is 12.1 Å². The molecule has 1 aliphatic carbocycles. The SMILES string of the molecule is O=C(Nc1cccc(C(=O)NCc2ccc(Oc3ccc(F)cc3)cc2)c1)NC1CC1. The van der Waals surface area contributed by atoms with Crippen LogP contribution >= 0.6 is 0 Å². The number of hydrogen-bond donors (Lipinski definition) is 3. The summed E-state index contributed by atoms with van der Waals surface area (Å²) in [6.45, 7) is 0.343. The maximum Gasteiger partial charge on any atom is 0.319 e. The van der Waals surface area contributed by atoms with E-state index in [0.717, 1.165) is 18.4 Å². The highest BCUT2D eigenvalue weighted by Gasteiger charge is 2.23. The van der Waals surface area contributed by atoms with Crippen LogP contribution < -0.4 is 20.7 Å². The van der Waals surface area contributed by atoms with Crippen LogP contribution in [-0.2, 0) is 6.54 Å². The summed E-state index contributed by atoms with van der Waals surface area (Å²) in [5, 5.41) is 8.45. The van der Waals surface area contributed by atoms with Gasteiger partial charge in [0, 0.05) is 23.8 Å². The predicted octanol–water partition coefficient (Wildman–Crippen LogP) is 4.83. The van der Waals surface area contributed by atoms with E-state index < -0.39 is 0 Å². The third-order valence-electron chi connectivity index (χ3n) is 4.72. The number of nitrogens with one attached hydrogen (secondary N) is 3. The molecule has 1 saturated carbocycles. The molecule has 0 aliphatic heterocycles. The maximum atomic E-state index is 13.0. The van der Waals surface area contributed by atoms with Gasteiger partial charge in [0.25, 0.3) is 5.91 Å². The number of urea groups is 1. The second-order valence-electron chi connectivity index (χ2n) is 7.34. The first-order chi connectivity index (χ1) is 15.0. The number of ether oxygens (including phenoxy) is 1. The average Bonchev–Trinajstić information content (AvgIpc) is 3.58. The minimum absolute atomic E-state index is 0.238. The summed E-state index contributed by atoms with van der Waals surface area (Å²) < 4.78 is 18.6. The van der Waals surface area contributed by atoms with E-state index >= 15 is 0 Å². The monoisotopic (exact) mass is 419 g/mol. The molecule has 0 saturated heterocycles. The van der Waals surface area contributed by atoms with Crippen LogP contribution in [-0.4, -0.2) is 18.0 Å². The van der Waals surface area contributed by atoms with Gasteiger partial charge in [0.05, 0.1) is 0 Å². The number of rotatable bonds is 7. The number of carbonyl (C=O) groups excluding carboxylic acids is 2. The molecule has 0 bridgehead atoms. The Morgan fingerprint density at radius 1 is 0.935 bits per heavy atom. The molecule has 0 unspecified atom stereocenters. The van der Waals surface area contributed by atoms with E-state index in [9.17, 15) is 14.0 Å². The molecule has 0 spiro atoms. The molecule has 0 heterocycles. The van der Waals surface area contributed by atoms with Gasteiger partial charge < -0.3 is 20.7 Å². The summed E-state index contributed by atoms with van der Waals surface area (Å²) in [7, 11) is 0. The fourth-order valence-corrected chi connectivity index (χ4v) is 2.92. The fourth-order valence-electron chi connectivity index (χ4n) is 2.92. The summed E-state index contributed by atoms with van der Waals surface area (Å²) in [6, 6.07) is 19.9. The van der Waals surface area contributed by atoms with Gasteiger partial charge in [-0.3, -0.25) is 4.79 Å². The van der Waals surface area contributed by atoms with Crippen molar-refractivity contribution in [3.8, 4) is 11.5 Å². The normalized spacial score (nSPS) is 12.7. The van der Waals surface area contributed by atoms with Gasteiger partial charge in [-0.2, -0.15) is 0 Å². The first-order valence-electron chi connectivity index (χ1n) is 10.0. The van der Waals surface area contributed by atoms with Gasteiger partial charge in [-0.15, -0.1) is 0 Å². The predicted molar refractivity (Wildman–Crippen MR) is 116 cm³/mol. The number of hydrogen-bond acceptors (Lipinski definition) is 3. The Hall–Kier alpha value is -3.87. The Morgan fingerprint density at radius 2 is 1.61 bits per heavy atom. The molecule has 158 valence electrons. The molecule has 1 aliphatic rings. The minimum atomic E-state index is -0.318. The van der Waals surface area contributed by atoms with E-state index in [4.69, 9.17) is 4.74 Å². The van der Waals surface area contributed by atoms with E-state index in [-0.39, 0.29) is 23.8 Å². The third-order valence-corrected chi connectivity index (χ3v) is 4.72. The van der Waals surface area contributed by atoms with Gasteiger partial charge in [0.15, 0.2) is 0 Å². The molecule has 0 aromatic heterocycles. The van der Waals surface area contributed by atoms with Gasteiger partial charge in [-0.05, 0) is 73.0 Å². The number of carbonyl (C=O) groups is 2. The van der Waals surface area contributed by atoms with Crippen molar-refractivity contribution in [3.63, 3.8) is 0 Å². The summed E-state index contributed by atoms with van der Waals surface area (Å²) >= 11 is 0. The van der Waals surface area contributed by atoms with Crippen LogP contribution in [0.2, 0.25) is 0 Å². The summed E-state index contributed by atoms with van der Waals surface area (Å²) in [4.78, 5) is 24.3. The average molecular weight is 419 g/mol. The molecular formula is C24H22FN3O3. The van der Waals surface area contributed by atoms with Crippen molar-refractivity contribution in [2.45, 2.75) is 25.4 Å². The fraction of sp³-hybridized carbons (Fsp3) is 0.167. The summed E-state index contributed by atoms with van der Waals surface area (Å²) in [5.41, 5.74) is 1.92. The number of halogens is 1. The van der Waals surface area contributed by atoms with Crippen molar-refractivity contribution in [1.29, 1.82) is 0 Å². The Balaban J connectivity index is 1.29. The van der Waals surface area contributed by atoms with E-state index in [1.54, 1.807) is 48.5 Å². The van der Waals surface area contributed by atoms with Gasteiger partial charge in [-0.1, -0.05) is 18.2 Å². The topological polar surface area (TPSA) is 79.5 Å². The van der Waals surface area contributed by atoms with Gasteiger partial charge in [0.2, 0.25) is 0 Å². The Morgan fingerprint density at radius 3 is 2.29 bits per heavy atom. The van der Waals surface area contributed by atoms with Crippen molar-refractivity contribution in [2.75, 3.05) is 5.32 Å². The molecule has 7 heteroatoms. The highest BCUT2D eigenvalue weighted by Crippen LogP contribution is 2.22. The second-order valence-corrected chi connectivity index (χ2v) is 7.34. The van der Waals surface area contributed by atoms with E-state index in [0.29, 0.717) is 29.3 Å². The lowest BCUT2D eigenvalue weighted by Gasteiger charge is -2.10. The van der Waals surface area contributed by atoms with Crippen molar-refractivity contribution in [3.05, 3.63) is 89.7 Å². The first kappa shape index (κ1) is 20.4. The van der Waals surface area contributed by atoms with Crippen molar-refractivity contribution in [2.24, 2.45) is 0 Å². The highest BCUT2D eigenvalue weighted by molar-refractivity contribution is 5.96. The quantitative estimate of drug-likeness (QED) is 0.513. The van der Waals surface area contributed by atoms with Crippen LogP contribution in [0.15, 0.2) is 72.8 Å². The molecule has 1 fully saturated rings. The van der Waals surface area contributed by atoms with E-state index in [1.807, 2.05) is 12.1 Å². The molecule has 3 aromatic carbocycles. The molecule has 0 radical (unpaired) electrons. The van der Waals surface area contributed by atoms with Crippen LogP contribution in [0.3, 0.4) is 0 Å². The smallest absolute Gasteiger partial charge is 0.319 e. The van der Waals surface area contributed by atoms with E-state index in [2.05, 4.69) is 16.0 Å². The van der Waals surface area contributed by atoms with Crippen molar-refractivity contribution >= 4 is 17.6 Å². The standard InChI is InChI=1S/C24H22FN3O3/c25-18-6-12-22(13-7-18)31-21-10-4-16(5-11-21)15-26-23(29)17-2-1-3-20(14-17)28-24(30)27-19-8-9-19/h1-7,10-14,19H,8-9,15H2,(H,26,29)(H2,27,28,30). The van der Waals surface area contributed by atoms with Crippen LogP contribution in [0.25, 0.3) is 0 Å². The Bertz CT molecular complexity index is 1060. The minimum Gasteiger partial charge on any atom is -0.457 e. The zero-order chi connectivity index (χ0) is 21.6. The number of anilines is 1. The van der Waals surface area contributed by atoms with Gasteiger partial charge in [-0.25, -0.2) is 9.18 Å². The summed E-state index contributed by atoms with van der Waals surface area (Å²) in [5.74, 6) is 0.603. The number of amides is 3. The van der Waals surface area contributed by atoms with Crippen LogP contribution in [0, 0.1) is 5.82 Å². The summed E-state index contributed by atoms with van der Waals surface area (Å²) in [6.07, 6.45) is 2.02. The lowest BCUT2D eigenvalue weighted by molar-refractivity contribution is 0.0951. The third kappa shape index (κ3) is 6.05. The molecule has 0 atom stereocenters. The lowest BCUT2D eigenvalue weighted by Crippen LogP contribution is -2.30. The van der Waals surface area contributed by atoms with Crippen molar-refractivity contribution < 1.29 is 18.7 Å². The van der Waals surface area contributed by atoms with Crippen LogP contribution in [0.5, 0.6) is 11.5 Å². The molecular weight excluding hydrogens is 397 g/mol. The van der Waals surface area contributed by atoms with Crippen molar-refractivity contribution in [1.82, 2.24) is 10.6 Å². The molecule has 3 amide bonds. The first-order valence-corrected chi connectivity index (χ1v) is 10.0. The Kier molecular flexibility index (Phi) is 6.12.